The van der Waals surface area contributed by atoms with Crippen LogP contribution in [0.25, 0.3) is 0 Å². The van der Waals surface area contributed by atoms with Crippen LogP contribution < -0.4 is 5.32 Å². The number of carbonyl (C=O) groups is 1. The quantitative estimate of drug-likeness (QED) is 0.924. The maximum atomic E-state index is 12.7. The number of nitrogens with zero attached hydrogens (tertiary/aromatic N) is 2. The van der Waals surface area contributed by atoms with E-state index in [2.05, 4.69) is 38.0 Å². The summed E-state index contributed by atoms with van der Waals surface area (Å²) < 4.78 is 0. The van der Waals surface area contributed by atoms with Crippen LogP contribution in [0.2, 0.25) is 0 Å². The summed E-state index contributed by atoms with van der Waals surface area (Å²) in [5.74, 6) is 2.48. The van der Waals surface area contributed by atoms with E-state index in [-0.39, 0.29) is 5.91 Å². The van der Waals surface area contributed by atoms with Gasteiger partial charge in [0.1, 0.15) is 5.82 Å². The van der Waals surface area contributed by atoms with E-state index in [0.29, 0.717) is 17.8 Å². The summed E-state index contributed by atoms with van der Waals surface area (Å²) in [5.41, 5.74) is 1.72. The summed E-state index contributed by atoms with van der Waals surface area (Å²) in [6.45, 7) is 10.4. The Kier molecular flexibility index (Phi) is 4.86. The summed E-state index contributed by atoms with van der Waals surface area (Å²) in [4.78, 5) is 19.2. The number of carbonyl (C=O) groups excluding carboxylic acids is 1. The molecule has 1 atom stereocenters. The Balaban J connectivity index is 2.21. The summed E-state index contributed by atoms with van der Waals surface area (Å²) in [5, 5.41) is 3.05. The number of amides is 1. The van der Waals surface area contributed by atoms with Crippen LogP contribution in [-0.4, -0.2) is 35.9 Å². The van der Waals surface area contributed by atoms with E-state index in [1.54, 1.807) is 0 Å². The molecule has 0 aromatic carbocycles. The third-order valence-electron chi connectivity index (χ3n) is 4.39. The first-order chi connectivity index (χ1) is 9.92. The van der Waals surface area contributed by atoms with Crippen LogP contribution in [0, 0.1) is 11.8 Å². The van der Waals surface area contributed by atoms with Gasteiger partial charge in [0.25, 0.3) is 5.91 Å². The van der Waals surface area contributed by atoms with Gasteiger partial charge in [-0.1, -0.05) is 27.7 Å². The molecular weight excluding hydrogens is 262 g/mol. The van der Waals surface area contributed by atoms with Crippen LogP contribution in [0.15, 0.2) is 12.1 Å². The average molecular weight is 289 g/mol. The van der Waals surface area contributed by atoms with Crippen molar-refractivity contribution < 1.29 is 4.79 Å². The van der Waals surface area contributed by atoms with Crippen molar-refractivity contribution in [1.29, 1.82) is 0 Å². The van der Waals surface area contributed by atoms with E-state index < -0.39 is 0 Å². The lowest BCUT2D eigenvalue weighted by Gasteiger charge is -2.19. The van der Waals surface area contributed by atoms with Crippen molar-refractivity contribution in [3.8, 4) is 0 Å². The highest BCUT2D eigenvalue weighted by molar-refractivity contribution is 5.95. The second-order valence-corrected chi connectivity index (χ2v) is 6.61. The SMILES string of the molecule is CNc1cc(C(=O)N2CCC(C(C)C)C2)cc(C(C)C)n1. The van der Waals surface area contributed by atoms with Gasteiger partial charge >= 0.3 is 0 Å². The monoisotopic (exact) mass is 289 g/mol. The minimum atomic E-state index is 0.138. The minimum absolute atomic E-state index is 0.138. The fourth-order valence-corrected chi connectivity index (χ4v) is 2.80. The van der Waals surface area contributed by atoms with E-state index >= 15 is 0 Å². The standard InChI is InChI=1S/C17H27N3O/c1-11(2)13-6-7-20(10-13)17(21)14-8-15(12(3)4)19-16(9-14)18-5/h8-9,11-13H,6-7,10H2,1-5H3,(H,18,19). The summed E-state index contributed by atoms with van der Waals surface area (Å²) in [6, 6.07) is 3.80. The topological polar surface area (TPSA) is 45.2 Å². The highest BCUT2D eigenvalue weighted by Crippen LogP contribution is 2.26. The molecule has 4 nitrogen and oxygen atoms in total. The Morgan fingerprint density at radius 1 is 1.33 bits per heavy atom. The van der Waals surface area contributed by atoms with Crippen molar-refractivity contribution in [2.75, 3.05) is 25.5 Å². The maximum Gasteiger partial charge on any atom is 0.254 e. The molecule has 0 aliphatic carbocycles. The number of anilines is 1. The van der Waals surface area contributed by atoms with Crippen LogP contribution in [0.3, 0.4) is 0 Å². The molecule has 1 unspecified atom stereocenters. The lowest BCUT2D eigenvalue weighted by Crippen LogP contribution is -2.29. The fraction of sp³-hybridized carbons (Fsp3) is 0.647. The Hall–Kier alpha value is -1.58. The molecule has 1 aliphatic heterocycles. The summed E-state index contributed by atoms with van der Waals surface area (Å²) in [7, 11) is 1.84. The van der Waals surface area contributed by atoms with Gasteiger partial charge in [-0.15, -0.1) is 0 Å². The molecule has 1 amide bonds. The Bertz CT molecular complexity index is 511. The molecule has 1 N–H and O–H groups in total. The molecule has 1 fully saturated rings. The van der Waals surface area contributed by atoms with Crippen molar-refractivity contribution in [1.82, 2.24) is 9.88 Å². The zero-order chi connectivity index (χ0) is 15.6. The van der Waals surface area contributed by atoms with Crippen molar-refractivity contribution in [3.05, 3.63) is 23.4 Å². The Labute approximate surface area is 127 Å². The van der Waals surface area contributed by atoms with Gasteiger partial charge in [-0.3, -0.25) is 4.79 Å². The Morgan fingerprint density at radius 2 is 2.05 bits per heavy atom. The highest BCUT2D eigenvalue weighted by Gasteiger charge is 2.29. The highest BCUT2D eigenvalue weighted by atomic mass is 16.2. The molecule has 0 spiro atoms. The zero-order valence-electron chi connectivity index (χ0n) is 13.8. The van der Waals surface area contributed by atoms with Gasteiger partial charge in [0.2, 0.25) is 0 Å². The molecule has 2 heterocycles. The zero-order valence-corrected chi connectivity index (χ0v) is 13.8. The number of hydrogen-bond donors (Lipinski definition) is 1. The van der Waals surface area contributed by atoms with E-state index in [4.69, 9.17) is 0 Å². The van der Waals surface area contributed by atoms with E-state index in [9.17, 15) is 4.79 Å². The molecule has 4 heteroatoms. The fourth-order valence-electron chi connectivity index (χ4n) is 2.80. The number of rotatable bonds is 4. The lowest BCUT2D eigenvalue weighted by atomic mass is 9.95. The predicted octanol–water partition coefficient (Wildman–Crippen LogP) is 3.36. The van der Waals surface area contributed by atoms with E-state index in [1.165, 1.54) is 0 Å². The van der Waals surface area contributed by atoms with Crippen LogP contribution in [0.1, 0.15) is 56.1 Å². The molecule has 1 aromatic rings. The molecule has 1 aliphatic rings. The molecule has 116 valence electrons. The maximum absolute atomic E-state index is 12.7. The van der Waals surface area contributed by atoms with Crippen LogP contribution in [0.4, 0.5) is 5.82 Å². The van der Waals surface area contributed by atoms with Gasteiger partial charge in [-0.25, -0.2) is 4.98 Å². The van der Waals surface area contributed by atoms with Crippen molar-refractivity contribution in [2.24, 2.45) is 11.8 Å². The van der Waals surface area contributed by atoms with Gasteiger partial charge in [0.15, 0.2) is 0 Å². The molecule has 0 saturated carbocycles. The van der Waals surface area contributed by atoms with Crippen LogP contribution in [-0.2, 0) is 0 Å². The lowest BCUT2D eigenvalue weighted by molar-refractivity contribution is 0.0784. The summed E-state index contributed by atoms with van der Waals surface area (Å²) in [6.07, 6.45) is 1.12. The van der Waals surface area contributed by atoms with E-state index in [1.807, 2.05) is 24.1 Å². The number of nitrogens with one attached hydrogen (secondary N) is 1. The van der Waals surface area contributed by atoms with Crippen LogP contribution >= 0.6 is 0 Å². The third-order valence-corrected chi connectivity index (χ3v) is 4.39. The number of hydrogen-bond acceptors (Lipinski definition) is 3. The van der Waals surface area contributed by atoms with Gasteiger partial charge in [0, 0.05) is 31.4 Å². The van der Waals surface area contributed by atoms with Gasteiger partial charge in [-0.05, 0) is 36.3 Å². The first kappa shape index (κ1) is 15.8. The Morgan fingerprint density at radius 3 is 2.57 bits per heavy atom. The van der Waals surface area contributed by atoms with E-state index in [0.717, 1.165) is 36.6 Å². The molecule has 0 bridgehead atoms. The predicted molar refractivity (Wildman–Crippen MR) is 86.7 cm³/mol. The largest absolute Gasteiger partial charge is 0.373 e. The van der Waals surface area contributed by atoms with Crippen LogP contribution in [0.5, 0.6) is 0 Å². The van der Waals surface area contributed by atoms with Crippen molar-refractivity contribution in [3.63, 3.8) is 0 Å². The smallest absolute Gasteiger partial charge is 0.254 e. The number of likely N-dealkylation sites (tertiary alicyclic amines) is 1. The normalized spacial score (nSPS) is 18.6. The second kappa shape index (κ2) is 6.46. The average Bonchev–Trinajstić information content (AvgIpc) is 2.95. The molecular formula is C17H27N3O. The van der Waals surface area contributed by atoms with Gasteiger partial charge in [0.05, 0.1) is 0 Å². The van der Waals surface area contributed by atoms with Gasteiger partial charge < -0.3 is 10.2 Å². The second-order valence-electron chi connectivity index (χ2n) is 6.61. The first-order valence-electron chi connectivity index (χ1n) is 7.91. The molecule has 2 rings (SSSR count). The first-order valence-corrected chi connectivity index (χ1v) is 7.91. The molecule has 21 heavy (non-hydrogen) atoms. The number of pyridine rings is 1. The van der Waals surface area contributed by atoms with Crippen molar-refractivity contribution >= 4 is 11.7 Å². The molecule has 1 saturated heterocycles. The summed E-state index contributed by atoms with van der Waals surface area (Å²) >= 11 is 0. The number of aromatic nitrogens is 1. The van der Waals surface area contributed by atoms with Crippen molar-refractivity contribution in [2.45, 2.75) is 40.0 Å². The van der Waals surface area contributed by atoms with Gasteiger partial charge in [-0.2, -0.15) is 0 Å². The molecule has 0 radical (unpaired) electrons. The minimum Gasteiger partial charge on any atom is -0.373 e. The molecule has 1 aromatic heterocycles. The third kappa shape index (κ3) is 3.55.